The minimum Gasteiger partial charge on any atom is -0.379 e. The summed E-state index contributed by atoms with van der Waals surface area (Å²) in [6.45, 7) is 7.08. The molecule has 1 fully saturated rings. The second-order valence-corrected chi connectivity index (χ2v) is 8.13. The summed E-state index contributed by atoms with van der Waals surface area (Å²) < 4.78 is 5.49. The molecule has 2 amide bonds. The fourth-order valence-corrected chi connectivity index (χ4v) is 3.66. The first-order chi connectivity index (χ1) is 14.8. The minimum absolute atomic E-state index is 0.0300. The second kappa shape index (κ2) is 10.4. The standard InChI is InChI=1S/C24H32N4O3/c1-17-5-6-18(2)21(15-17)26-24(30)23(29)25-16-22(28-11-13-31-14-12-28)19-7-9-20(10-8-19)27(3)4/h5-10,15,22H,11-14,16H2,1-4H3,(H,25,29)(H,26,30)/t22-/m0/s1. The van der Waals surface area contributed by atoms with Crippen molar-refractivity contribution in [3.8, 4) is 0 Å². The molecule has 1 saturated heterocycles. The Morgan fingerprint density at radius 3 is 2.35 bits per heavy atom. The lowest BCUT2D eigenvalue weighted by Crippen LogP contribution is -2.45. The maximum Gasteiger partial charge on any atom is 0.313 e. The molecule has 1 atom stereocenters. The average Bonchev–Trinajstić information content (AvgIpc) is 2.77. The van der Waals surface area contributed by atoms with Crippen LogP contribution in [0, 0.1) is 13.8 Å². The largest absolute Gasteiger partial charge is 0.379 e. The molecule has 1 aliphatic rings. The predicted molar refractivity (Wildman–Crippen MR) is 123 cm³/mol. The van der Waals surface area contributed by atoms with Gasteiger partial charge in [0.05, 0.1) is 19.3 Å². The van der Waals surface area contributed by atoms with E-state index in [9.17, 15) is 9.59 Å². The highest BCUT2D eigenvalue weighted by Gasteiger charge is 2.24. The van der Waals surface area contributed by atoms with Crippen molar-refractivity contribution in [2.45, 2.75) is 19.9 Å². The van der Waals surface area contributed by atoms with Crippen LogP contribution in [0.2, 0.25) is 0 Å². The molecular weight excluding hydrogens is 392 g/mol. The fourth-order valence-electron chi connectivity index (χ4n) is 3.66. The number of amides is 2. The molecule has 0 unspecified atom stereocenters. The van der Waals surface area contributed by atoms with Crippen molar-refractivity contribution in [1.29, 1.82) is 0 Å². The van der Waals surface area contributed by atoms with E-state index in [1.807, 2.05) is 51.0 Å². The zero-order valence-corrected chi connectivity index (χ0v) is 18.8. The van der Waals surface area contributed by atoms with Crippen LogP contribution in [0.15, 0.2) is 42.5 Å². The zero-order valence-electron chi connectivity index (χ0n) is 18.8. The van der Waals surface area contributed by atoms with Crippen LogP contribution in [-0.2, 0) is 14.3 Å². The molecule has 7 nitrogen and oxygen atoms in total. The molecule has 2 aromatic carbocycles. The van der Waals surface area contributed by atoms with Crippen molar-refractivity contribution >= 4 is 23.2 Å². The summed E-state index contributed by atoms with van der Waals surface area (Å²) in [5, 5.41) is 5.55. The van der Waals surface area contributed by atoms with E-state index in [1.54, 1.807) is 0 Å². The molecule has 1 aliphatic heterocycles. The number of aryl methyl sites for hydroxylation is 2. The summed E-state index contributed by atoms with van der Waals surface area (Å²) in [6.07, 6.45) is 0. The average molecular weight is 425 g/mol. The molecule has 0 bridgehead atoms. The summed E-state index contributed by atoms with van der Waals surface area (Å²) in [7, 11) is 4.01. The molecule has 0 saturated carbocycles. The molecule has 31 heavy (non-hydrogen) atoms. The van der Waals surface area contributed by atoms with Crippen LogP contribution in [0.1, 0.15) is 22.7 Å². The van der Waals surface area contributed by atoms with E-state index in [1.165, 1.54) is 0 Å². The number of rotatable bonds is 6. The summed E-state index contributed by atoms with van der Waals surface area (Å²) in [5.74, 6) is -1.29. The van der Waals surface area contributed by atoms with Crippen LogP contribution in [0.25, 0.3) is 0 Å². The lowest BCUT2D eigenvalue weighted by atomic mass is 10.0. The van der Waals surface area contributed by atoms with Gasteiger partial charge in [0.25, 0.3) is 0 Å². The molecular formula is C24H32N4O3. The van der Waals surface area contributed by atoms with Crippen LogP contribution in [0.4, 0.5) is 11.4 Å². The molecule has 0 aliphatic carbocycles. The van der Waals surface area contributed by atoms with Gasteiger partial charge in [0.15, 0.2) is 0 Å². The van der Waals surface area contributed by atoms with Crippen LogP contribution >= 0.6 is 0 Å². The lowest BCUT2D eigenvalue weighted by molar-refractivity contribution is -0.136. The van der Waals surface area contributed by atoms with E-state index in [0.717, 1.165) is 35.5 Å². The Hall–Kier alpha value is -2.90. The molecule has 166 valence electrons. The maximum atomic E-state index is 12.5. The highest BCUT2D eigenvalue weighted by Crippen LogP contribution is 2.24. The van der Waals surface area contributed by atoms with Gasteiger partial charge in [-0.3, -0.25) is 14.5 Å². The number of anilines is 2. The Bertz CT molecular complexity index is 906. The highest BCUT2D eigenvalue weighted by molar-refractivity contribution is 6.39. The SMILES string of the molecule is Cc1ccc(C)c(NC(=O)C(=O)NC[C@@H](c2ccc(N(C)C)cc2)N2CCOCC2)c1. The lowest BCUT2D eigenvalue weighted by Gasteiger charge is -2.35. The van der Waals surface area contributed by atoms with E-state index in [0.29, 0.717) is 25.4 Å². The van der Waals surface area contributed by atoms with Crippen LogP contribution < -0.4 is 15.5 Å². The molecule has 1 heterocycles. The van der Waals surface area contributed by atoms with Gasteiger partial charge < -0.3 is 20.3 Å². The van der Waals surface area contributed by atoms with Gasteiger partial charge in [-0.1, -0.05) is 24.3 Å². The number of benzene rings is 2. The summed E-state index contributed by atoms with van der Waals surface area (Å²) >= 11 is 0. The third-order valence-electron chi connectivity index (χ3n) is 5.58. The second-order valence-electron chi connectivity index (χ2n) is 8.13. The highest BCUT2D eigenvalue weighted by atomic mass is 16.5. The third kappa shape index (κ3) is 6.06. The number of hydrogen-bond donors (Lipinski definition) is 2. The molecule has 0 radical (unpaired) electrons. The minimum atomic E-state index is -0.655. The van der Waals surface area contributed by atoms with E-state index in [-0.39, 0.29) is 6.04 Å². The zero-order chi connectivity index (χ0) is 22.4. The van der Waals surface area contributed by atoms with Crippen molar-refractivity contribution in [3.63, 3.8) is 0 Å². The Kier molecular flexibility index (Phi) is 7.65. The third-order valence-corrected chi connectivity index (χ3v) is 5.58. The summed E-state index contributed by atoms with van der Waals surface area (Å²) in [6, 6.07) is 14.0. The van der Waals surface area contributed by atoms with Crippen LogP contribution in [-0.4, -0.2) is 63.7 Å². The molecule has 3 rings (SSSR count). The van der Waals surface area contributed by atoms with Crippen molar-refractivity contribution in [3.05, 3.63) is 59.2 Å². The molecule has 2 N–H and O–H groups in total. The van der Waals surface area contributed by atoms with E-state index < -0.39 is 11.8 Å². The normalized spacial score (nSPS) is 15.2. The van der Waals surface area contributed by atoms with Crippen molar-refractivity contribution < 1.29 is 14.3 Å². The predicted octanol–water partition coefficient (Wildman–Crippen LogP) is 2.50. The number of nitrogens with zero attached hydrogens (tertiary/aromatic N) is 2. The van der Waals surface area contributed by atoms with Gasteiger partial charge in [-0.05, 0) is 48.7 Å². The van der Waals surface area contributed by atoms with Gasteiger partial charge in [-0.15, -0.1) is 0 Å². The number of ether oxygens (including phenoxy) is 1. The number of nitrogens with one attached hydrogen (secondary N) is 2. The van der Waals surface area contributed by atoms with Gasteiger partial charge in [0.1, 0.15) is 0 Å². The quantitative estimate of drug-likeness (QED) is 0.697. The topological polar surface area (TPSA) is 73.9 Å². The molecule has 0 spiro atoms. The summed E-state index contributed by atoms with van der Waals surface area (Å²) in [5.41, 5.74) is 4.81. The van der Waals surface area contributed by atoms with Gasteiger partial charge >= 0.3 is 11.8 Å². The van der Waals surface area contributed by atoms with E-state index in [4.69, 9.17) is 4.74 Å². The van der Waals surface area contributed by atoms with Crippen molar-refractivity contribution in [2.75, 3.05) is 57.2 Å². The Morgan fingerprint density at radius 2 is 1.71 bits per heavy atom. The number of carbonyl (C=O) groups excluding carboxylic acids is 2. The number of carbonyl (C=O) groups is 2. The molecule has 0 aromatic heterocycles. The van der Waals surface area contributed by atoms with Crippen molar-refractivity contribution in [2.24, 2.45) is 0 Å². The summed E-state index contributed by atoms with van der Waals surface area (Å²) in [4.78, 5) is 29.3. The number of morpholine rings is 1. The smallest absolute Gasteiger partial charge is 0.313 e. The van der Waals surface area contributed by atoms with Crippen LogP contribution in [0.5, 0.6) is 0 Å². The Balaban J connectivity index is 1.68. The first-order valence-corrected chi connectivity index (χ1v) is 10.6. The fraction of sp³-hybridized carbons (Fsp3) is 0.417. The van der Waals surface area contributed by atoms with Gasteiger partial charge in [0.2, 0.25) is 0 Å². The van der Waals surface area contributed by atoms with Gasteiger partial charge in [-0.2, -0.15) is 0 Å². The van der Waals surface area contributed by atoms with Gasteiger partial charge in [-0.25, -0.2) is 0 Å². The maximum absolute atomic E-state index is 12.5. The Morgan fingerprint density at radius 1 is 1.03 bits per heavy atom. The van der Waals surface area contributed by atoms with Crippen molar-refractivity contribution in [1.82, 2.24) is 10.2 Å². The van der Waals surface area contributed by atoms with Gasteiger partial charge in [0, 0.05) is 45.1 Å². The first kappa shape index (κ1) is 22.8. The molecule has 7 heteroatoms. The first-order valence-electron chi connectivity index (χ1n) is 10.6. The number of hydrogen-bond acceptors (Lipinski definition) is 5. The monoisotopic (exact) mass is 424 g/mol. The molecule has 2 aromatic rings. The van der Waals surface area contributed by atoms with E-state index >= 15 is 0 Å². The van der Waals surface area contributed by atoms with E-state index in [2.05, 4.69) is 39.8 Å². The Labute approximate surface area is 184 Å². The van der Waals surface area contributed by atoms with Crippen LogP contribution in [0.3, 0.4) is 0 Å².